The Morgan fingerprint density at radius 3 is 2.70 bits per heavy atom. The van der Waals surface area contributed by atoms with Gasteiger partial charge in [0.25, 0.3) is 0 Å². The van der Waals surface area contributed by atoms with Gasteiger partial charge in [0.2, 0.25) is 0 Å². The van der Waals surface area contributed by atoms with Crippen molar-refractivity contribution in [1.29, 1.82) is 0 Å². The second-order valence-corrected chi connectivity index (χ2v) is 4.60. The zero-order valence-electron chi connectivity index (χ0n) is 10.8. The van der Waals surface area contributed by atoms with E-state index in [1.165, 1.54) is 13.2 Å². The van der Waals surface area contributed by atoms with Gasteiger partial charge in [0, 0.05) is 17.9 Å². The molecule has 1 fully saturated rings. The molecule has 0 unspecified atom stereocenters. The second kappa shape index (κ2) is 5.98. The van der Waals surface area contributed by atoms with E-state index in [1.807, 2.05) is 0 Å². The topological polar surface area (TPSA) is 52.6 Å². The lowest BCUT2D eigenvalue weighted by Crippen LogP contribution is -2.13. The number of benzene rings is 1. The predicted octanol–water partition coefficient (Wildman–Crippen LogP) is 2.52. The summed E-state index contributed by atoms with van der Waals surface area (Å²) in [6.45, 7) is -2.95. The molecule has 0 spiro atoms. The quantitative estimate of drug-likeness (QED) is 0.797. The SMILES string of the molecule is COC(=O)[C@H]1CC(=O)[C@H](c2ccccc2OC(F)F)C1. The number of carbonyl (C=O) groups is 2. The van der Waals surface area contributed by atoms with Crippen LogP contribution < -0.4 is 4.74 Å². The minimum absolute atomic E-state index is 0.0219. The van der Waals surface area contributed by atoms with E-state index in [2.05, 4.69) is 9.47 Å². The predicted molar refractivity (Wildman–Crippen MR) is 65.6 cm³/mol. The summed E-state index contributed by atoms with van der Waals surface area (Å²) in [5.41, 5.74) is 0.393. The zero-order chi connectivity index (χ0) is 14.7. The molecule has 1 aromatic rings. The summed E-state index contributed by atoms with van der Waals surface area (Å²) in [6.07, 6.45) is 0.329. The van der Waals surface area contributed by atoms with Gasteiger partial charge in [-0.1, -0.05) is 18.2 Å². The Hall–Kier alpha value is -1.98. The Bertz CT molecular complexity index is 516. The Balaban J connectivity index is 2.24. The number of ether oxygens (including phenoxy) is 2. The van der Waals surface area contributed by atoms with E-state index < -0.39 is 24.4 Å². The van der Waals surface area contributed by atoms with E-state index in [0.717, 1.165) is 0 Å². The van der Waals surface area contributed by atoms with Crippen molar-refractivity contribution in [3.63, 3.8) is 0 Å². The number of esters is 1. The van der Waals surface area contributed by atoms with Gasteiger partial charge in [0.05, 0.1) is 13.0 Å². The number of para-hydroxylation sites is 1. The van der Waals surface area contributed by atoms with E-state index >= 15 is 0 Å². The molecule has 0 N–H and O–H groups in total. The normalized spacial score (nSPS) is 22.1. The molecule has 1 aliphatic carbocycles. The first-order valence-electron chi connectivity index (χ1n) is 6.17. The number of hydrogen-bond donors (Lipinski definition) is 0. The summed E-state index contributed by atoms with van der Waals surface area (Å²) in [5, 5.41) is 0. The van der Waals surface area contributed by atoms with Gasteiger partial charge >= 0.3 is 12.6 Å². The van der Waals surface area contributed by atoms with Crippen LogP contribution in [0.25, 0.3) is 0 Å². The highest BCUT2D eigenvalue weighted by Gasteiger charge is 2.39. The lowest BCUT2D eigenvalue weighted by molar-refractivity contribution is -0.145. The van der Waals surface area contributed by atoms with Crippen LogP contribution in [0.5, 0.6) is 5.75 Å². The lowest BCUT2D eigenvalue weighted by Gasteiger charge is -2.14. The molecule has 1 aromatic carbocycles. The number of ketones is 1. The van der Waals surface area contributed by atoms with Crippen LogP contribution in [-0.4, -0.2) is 25.5 Å². The fraction of sp³-hybridized carbons (Fsp3) is 0.429. The Morgan fingerprint density at radius 1 is 1.35 bits per heavy atom. The van der Waals surface area contributed by atoms with E-state index in [-0.39, 0.29) is 24.4 Å². The number of hydrogen-bond acceptors (Lipinski definition) is 4. The van der Waals surface area contributed by atoms with E-state index in [1.54, 1.807) is 18.2 Å². The van der Waals surface area contributed by atoms with E-state index in [4.69, 9.17) is 0 Å². The van der Waals surface area contributed by atoms with Crippen LogP contribution >= 0.6 is 0 Å². The molecule has 1 saturated carbocycles. The van der Waals surface area contributed by atoms with Crippen LogP contribution in [-0.2, 0) is 14.3 Å². The maximum Gasteiger partial charge on any atom is 0.387 e. The van der Waals surface area contributed by atoms with Crippen molar-refractivity contribution in [2.75, 3.05) is 7.11 Å². The van der Waals surface area contributed by atoms with E-state index in [0.29, 0.717) is 5.56 Å². The summed E-state index contributed by atoms with van der Waals surface area (Å²) in [6, 6.07) is 6.16. The molecule has 0 amide bonds. The fourth-order valence-electron chi connectivity index (χ4n) is 2.50. The van der Waals surface area contributed by atoms with Crippen LogP contribution in [0.2, 0.25) is 0 Å². The Labute approximate surface area is 114 Å². The van der Waals surface area contributed by atoms with Crippen molar-refractivity contribution >= 4 is 11.8 Å². The van der Waals surface area contributed by atoms with Gasteiger partial charge in [0.1, 0.15) is 11.5 Å². The van der Waals surface area contributed by atoms with Crippen LogP contribution in [0.4, 0.5) is 8.78 Å². The third kappa shape index (κ3) is 2.95. The molecule has 0 saturated heterocycles. The molecular formula is C14H14F2O4. The maximum atomic E-state index is 12.4. The third-order valence-electron chi connectivity index (χ3n) is 3.40. The molecule has 0 aromatic heterocycles. The number of Topliss-reactive ketones (excluding diaryl/α,β-unsaturated/α-hetero) is 1. The zero-order valence-corrected chi connectivity index (χ0v) is 10.8. The Morgan fingerprint density at radius 2 is 2.05 bits per heavy atom. The van der Waals surface area contributed by atoms with Crippen molar-refractivity contribution < 1.29 is 27.8 Å². The highest BCUT2D eigenvalue weighted by atomic mass is 19.3. The number of carbonyl (C=O) groups excluding carboxylic acids is 2. The van der Waals surface area contributed by atoms with Gasteiger partial charge in [-0.05, 0) is 12.5 Å². The second-order valence-electron chi connectivity index (χ2n) is 4.60. The molecule has 1 aliphatic rings. The van der Waals surface area contributed by atoms with Gasteiger partial charge < -0.3 is 9.47 Å². The molecule has 0 heterocycles. The minimum atomic E-state index is -2.95. The molecule has 2 rings (SSSR count). The van der Waals surface area contributed by atoms with Crippen molar-refractivity contribution in [2.24, 2.45) is 5.92 Å². The van der Waals surface area contributed by atoms with Crippen LogP contribution in [0.1, 0.15) is 24.3 Å². The summed E-state index contributed by atoms with van der Waals surface area (Å²) < 4.78 is 33.8. The highest BCUT2D eigenvalue weighted by molar-refractivity contribution is 5.93. The number of rotatable bonds is 4. The monoisotopic (exact) mass is 284 g/mol. The molecule has 4 nitrogen and oxygen atoms in total. The first kappa shape index (κ1) is 14.4. The average Bonchev–Trinajstić information content (AvgIpc) is 2.80. The van der Waals surface area contributed by atoms with Crippen molar-refractivity contribution in [1.82, 2.24) is 0 Å². The van der Waals surface area contributed by atoms with Gasteiger partial charge in [0.15, 0.2) is 0 Å². The lowest BCUT2D eigenvalue weighted by atomic mass is 9.95. The molecule has 108 valence electrons. The van der Waals surface area contributed by atoms with E-state index in [9.17, 15) is 18.4 Å². The molecule has 0 aliphatic heterocycles. The van der Waals surface area contributed by atoms with Crippen LogP contribution in [0.15, 0.2) is 24.3 Å². The molecular weight excluding hydrogens is 270 g/mol. The van der Waals surface area contributed by atoms with Gasteiger partial charge in [-0.3, -0.25) is 9.59 Å². The average molecular weight is 284 g/mol. The first-order chi connectivity index (χ1) is 9.52. The summed E-state index contributed by atoms with van der Waals surface area (Å²) in [4.78, 5) is 23.5. The largest absolute Gasteiger partial charge is 0.469 e. The Kier molecular flexibility index (Phi) is 4.32. The minimum Gasteiger partial charge on any atom is -0.469 e. The van der Waals surface area contributed by atoms with Crippen molar-refractivity contribution in [3.05, 3.63) is 29.8 Å². The summed E-state index contributed by atoms with van der Waals surface area (Å²) in [7, 11) is 1.26. The fourth-order valence-corrected chi connectivity index (χ4v) is 2.50. The first-order valence-corrected chi connectivity index (χ1v) is 6.17. The number of methoxy groups -OCH3 is 1. The maximum absolute atomic E-state index is 12.4. The smallest absolute Gasteiger partial charge is 0.387 e. The van der Waals surface area contributed by atoms with Gasteiger partial charge in [-0.2, -0.15) is 8.78 Å². The number of halogens is 2. The standard InChI is InChI=1S/C14H14F2O4/c1-19-13(18)8-6-10(11(17)7-8)9-4-2-3-5-12(9)20-14(15)16/h2-5,8,10,14H,6-7H2,1H3/t8-,10+/m1/s1. The summed E-state index contributed by atoms with van der Waals surface area (Å²) in [5.74, 6) is -1.75. The van der Waals surface area contributed by atoms with Crippen molar-refractivity contribution in [3.8, 4) is 5.75 Å². The molecule has 0 radical (unpaired) electrons. The highest BCUT2D eigenvalue weighted by Crippen LogP contribution is 2.40. The van der Waals surface area contributed by atoms with Gasteiger partial charge in [-0.15, -0.1) is 0 Å². The molecule has 20 heavy (non-hydrogen) atoms. The van der Waals surface area contributed by atoms with Crippen LogP contribution in [0.3, 0.4) is 0 Å². The molecule has 6 heteroatoms. The number of alkyl halides is 2. The molecule has 0 bridgehead atoms. The van der Waals surface area contributed by atoms with Gasteiger partial charge in [-0.25, -0.2) is 0 Å². The van der Waals surface area contributed by atoms with Crippen molar-refractivity contribution in [2.45, 2.75) is 25.4 Å². The molecule has 2 atom stereocenters. The van der Waals surface area contributed by atoms with Crippen LogP contribution in [0, 0.1) is 5.92 Å². The third-order valence-corrected chi connectivity index (χ3v) is 3.40. The summed E-state index contributed by atoms with van der Waals surface area (Å²) >= 11 is 0.